The minimum atomic E-state index is -3.76. The van der Waals surface area contributed by atoms with Gasteiger partial charge in [-0.2, -0.15) is 0 Å². The summed E-state index contributed by atoms with van der Waals surface area (Å²) in [5.41, 5.74) is 0.720. The first-order chi connectivity index (χ1) is 9.79. The van der Waals surface area contributed by atoms with Gasteiger partial charge in [0.1, 0.15) is 4.21 Å². The average molecular weight is 346 g/mol. The summed E-state index contributed by atoms with van der Waals surface area (Å²) in [6, 6.07) is 7.50. The van der Waals surface area contributed by atoms with Crippen LogP contribution in [0.15, 0.2) is 39.9 Å². The lowest BCUT2D eigenvalue weighted by atomic mass is 10.1. The van der Waals surface area contributed by atoms with Crippen molar-refractivity contribution in [1.29, 1.82) is 0 Å². The molecule has 2 rings (SSSR count). The molecule has 0 saturated heterocycles. The number of rotatable bonds is 5. The lowest BCUT2D eigenvalue weighted by Crippen LogP contribution is -2.26. The number of aromatic carboxylic acids is 1. The van der Waals surface area contributed by atoms with Crippen molar-refractivity contribution in [2.45, 2.75) is 17.2 Å². The number of halogens is 1. The maximum Gasteiger partial charge on any atom is 0.336 e. The first-order valence-electron chi connectivity index (χ1n) is 5.89. The van der Waals surface area contributed by atoms with Gasteiger partial charge in [-0.15, -0.1) is 11.3 Å². The highest BCUT2D eigenvalue weighted by molar-refractivity contribution is 7.91. The summed E-state index contributed by atoms with van der Waals surface area (Å²) >= 11 is 6.66. The largest absolute Gasteiger partial charge is 0.478 e. The van der Waals surface area contributed by atoms with Gasteiger partial charge in [-0.05, 0) is 30.7 Å². The van der Waals surface area contributed by atoms with Crippen molar-refractivity contribution in [3.63, 3.8) is 0 Å². The number of hydrogen-bond acceptors (Lipinski definition) is 4. The molecule has 2 aromatic rings. The molecule has 0 aliphatic carbocycles. The molecule has 0 amide bonds. The van der Waals surface area contributed by atoms with Crippen LogP contribution in [-0.2, 0) is 10.0 Å². The highest BCUT2D eigenvalue weighted by Gasteiger charge is 2.21. The highest BCUT2D eigenvalue weighted by Crippen LogP contribution is 2.23. The number of carbonyl (C=O) groups is 1. The third kappa shape index (κ3) is 3.82. The van der Waals surface area contributed by atoms with Crippen LogP contribution in [0.1, 0.15) is 28.9 Å². The standard InChI is InChI=1S/C13H12ClNO4S2/c1-8(9-2-4-11(14)5-3-9)15-21(18,19)12-6-10(7-20-12)13(16)17/h2-8,15H,1H3,(H,16,17)/t8-/m0/s1. The van der Waals surface area contributed by atoms with E-state index in [4.69, 9.17) is 16.7 Å². The van der Waals surface area contributed by atoms with Gasteiger partial charge in [-0.1, -0.05) is 23.7 Å². The Kier molecular flexibility index (Phi) is 4.67. The molecule has 1 heterocycles. The van der Waals surface area contributed by atoms with Crippen molar-refractivity contribution in [3.8, 4) is 0 Å². The van der Waals surface area contributed by atoms with Crippen molar-refractivity contribution in [2.75, 3.05) is 0 Å². The second-order valence-electron chi connectivity index (χ2n) is 4.35. The number of sulfonamides is 1. The van der Waals surface area contributed by atoms with E-state index >= 15 is 0 Å². The van der Waals surface area contributed by atoms with Gasteiger partial charge in [0.15, 0.2) is 0 Å². The smallest absolute Gasteiger partial charge is 0.336 e. The minimum Gasteiger partial charge on any atom is -0.478 e. The molecule has 1 aromatic carbocycles. The zero-order valence-electron chi connectivity index (χ0n) is 10.9. The molecule has 0 aliphatic heterocycles. The van der Waals surface area contributed by atoms with Crippen molar-refractivity contribution in [1.82, 2.24) is 4.72 Å². The summed E-state index contributed by atoms with van der Waals surface area (Å²) in [6.45, 7) is 1.70. The Morgan fingerprint density at radius 3 is 2.48 bits per heavy atom. The molecule has 1 atom stereocenters. The fourth-order valence-corrected chi connectivity index (χ4v) is 4.21. The molecular formula is C13H12ClNO4S2. The molecule has 8 heteroatoms. The number of thiophene rings is 1. The van der Waals surface area contributed by atoms with E-state index < -0.39 is 22.0 Å². The number of carboxylic acid groups (broad SMARTS) is 1. The molecule has 21 heavy (non-hydrogen) atoms. The van der Waals surface area contributed by atoms with E-state index in [1.54, 1.807) is 31.2 Å². The molecule has 112 valence electrons. The van der Waals surface area contributed by atoms with Crippen molar-refractivity contribution < 1.29 is 18.3 Å². The Balaban J connectivity index is 2.20. The van der Waals surface area contributed by atoms with E-state index in [0.29, 0.717) is 5.02 Å². The molecule has 5 nitrogen and oxygen atoms in total. The van der Waals surface area contributed by atoms with Crippen LogP contribution in [0.25, 0.3) is 0 Å². The van der Waals surface area contributed by atoms with Crippen LogP contribution < -0.4 is 4.72 Å². The van der Waals surface area contributed by atoms with E-state index in [9.17, 15) is 13.2 Å². The van der Waals surface area contributed by atoms with E-state index in [2.05, 4.69) is 4.72 Å². The molecule has 0 saturated carbocycles. The third-order valence-electron chi connectivity index (χ3n) is 2.79. The molecular weight excluding hydrogens is 334 g/mol. The Hall–Kier alpha value is -1.41. The van der Waals surface area contributed by atoms with Crippen LogP contribution in [0.4, 0.5) is 0 Å². The van der Waals surface area contributed by atoms with Gasteiger partial charge in [-0.25, -0.2) is 17.9 Å². The molecule has 2 N–H and O–H groups in total. The zero-order valence-corrected chi connectivity index (χ0v) is 13.3. The van der Waals surface area contributed by atoms with Gasteiger partial charge in [0.2, 0.25) is 0 Å². The first kappa shape index (κ1) is 16.0. The summed E-state index contributed by atoms with van der Waals surface area (Å²) in [6.07, 6.45) is 0. The number of benzene rings is 1. The summed E-state index contributed by atoms with van der Waals surface area (Å²) in [5, 5.41) is 10.7. The van der Waals surface area contributed by atoms with Gasteiger partial charge in [0.25, 0.3) is 10.0 Å². The quantitative estimate of drug-likeness (QED) is 0.872. The Morgan fingerprint density at radius 1 is 1.33 bits per heavy atom. The SMILES string of the molecule is C[C@H](NS(=O)(=O)c1cc(C(=O)O)cs1)c1ccc(Cl)cc1. The highest BCUT2D eigenvalue weighted by atomic mass is 35.5. The lowest BCUT2D eigenvalue weighted by Gasteiger charge is -2.13. The molecule has 0 unspecified atom stereocenters. The van der Waals surface area contributed by atoms with Crippen molar-refractivity contribution in [2.24, 2.45) is 0 Å². The number of nitrogens with one attached hydrogen (secondary N) is 1. The van der Waals surface area contributed by atoms with E-state index in [1.807, 2.05) is 0 Å². The van der Waals surface area contributed by atoms with Gasteiger partial charge >= 0.3 is 5.97 Å². The maximum absolute atomic E-state index is 12.2. The zero-order chi connectivity index (χ0) is 15.6. The first-order valence-corrected chi connectivity index (χ1v) is 8.63. The molecule has 0 bridgehead atoms. The van der Waals surface area contributed by atoms with Crippen LogP contribution in [0.5, 0.6) is 0 Å². The van der Waals surface area contributed by atoms with Crippen LogP contribution in [0.3, 0.4) is 0 Å². The molecule has 1 aromatic heterocycles. The van der Waals surface area contributed by atoms with Gasteiger partial charge in [0, 0.05) is 16.4 Å². The van der Waals surface area contributed by atoms with Gasteiger partial charge in [-0.3, -0.25) is 0 Å². The predicted octanol–water partition coefficient (Wildman–Crippen LogP) is 3.14. The Labute approximate surface area is 131 Å². The Morgan fingerprint density at radius 2 is 1.95 bits per heavy atom. The van der Waals surface area contributed by atoms with Crippen molar-refractivity contribution >= 4 is 38.9 Å². The van der Waals surface area contributed by atoms with Crippen LogP contribution >= 0.6 is 22.9 Å². The van der Waals surface area contributed by atoms with E-state index in [1.165, 1.54) is 5.38 Å². The Bertz CT molecular complexity index is 753. The number of carboxylic acids is 1. The van der Waals surface area contributed by atoms with Gasteiger partial charge in [0.05, 0.1) is 5.56 Å². The van der Waals surface area contributed by atoms with E-state index in [0.717, 1.165) is 23.0 Å². The summed E-state index contributed by atoms with van der Waals surface area (Å²) in [4.78, 5) is 10.8. The topological polar surface area (TPSA) is 83.5 Å². The minimum absolute atomic E-state index is 0.0271. The maximum atomic E-state index is 12.2. The second kappa shape index (κ2) is 6.15. The molecule has 0 fully saturated rings. The fraction of sp³-hybridized carbons (Fsp3) is 0.154. The van der Waals surface area contributed by atoms with Crippen LogP contribution in [-0.4, -0.2) is 19.5 Å². The van der Waals surface area contributed by atoms with Crippen LogP contribution in [0, 0.1) is 0 Å². The molecule has 0 spiro atoms. The second-order valence-corrected chi connectivity index (χ2v) is 7.64. The molecule has 0 aliphatic rings. The predicted molar refractivity (Wildman–Crippen MR) is 81.5 cm³/mol. The van der Waals surface area contributed by atoms with E-state index in [-0.39, 0.29) is 9.77 Å². The summed E-state index contributed by atoms with van der Waals surface area (Å²) in [7, 11) is -3.76. The third-order valence-corrected chi connectivity index (χ3v) is 6.02. The normalized spacial score (nSPS) is 13.0. The monoisotopic (exact) mass is 345 g/mol. The summed E-state index contributed by atoms with van der Waals surface area (Å²) < 4.78 is 26.9. The lowest BCUT2D eigenvalue weighted by molar-refractivity contribution is 0.0697. The number of hydrogen-bond donors (Lipinski definition) is 2. The molecule has 0 radical (unpaired) electrons. The van der Waals surface area contributed by atoms with Gasteiger partial charge < -0.3 is 5.11 Å². The summed E-state index contributed by atoms with van der Waals surface area (Å²) in [5.74, 6) is -1.15. The van der Waals surface area contributed by atoms with Crippen molar-refractivity contribution in [3.05, 3.63) is 51.9 Å². The fourth-order valence-electron chi connectivity index (χ4n) is 1.68. The van der Waals surface area contributed by atoms with Crippen LogP contribution in [0.2, 0.25) is 5.02 Å². The average Bonchev–Trinajstić information content (AvgIpc) is 2.89.